The van der Waals surface area contributed by atoms with Crippen LogP contribution in [0.1, 0.15) is 51.4 Å². The molecule has 0 aromatic carbocycles. The molecule has 0 heterocycles. The van der Waals surface area contributed by atoms with Crippen LogP contribution in [0.25, 0.3) is 0 Å². The van der Waals surface area contributed by atoms with Crippen molar-refractivity contribution in [2.45, 2.75) is 57.4 Å². The monoisotopic (exact) mass is 259 g/mol. The largest absolute Gasteiger partial charge is 0.312 e. The Labute approximate surface area is 105 Å². The van der Waals surface area contributed by atoms with Gasteiger partial charge >= 0.3 is 0 Å². The average Bonchev–Trinajstić information content (AvgIpc) is 2.61. The van der Waals surface area contributed by atoms with E-state index in [0.29, 0.717) is 18.0 Å². The van der Waals surface area contributed by atoms with E-state index >= 15 is 0 Å². The van der Waals surface area contributed by atoms with Crippen LogP contribution < -0.4 is 5.32 Å². The molecule has 2 aliphatic carbocycles. The van der Waals surface area contributed by atoms with Gasteiger partial charge in [-0.15, -0.1) is 0 Å². The van der Waals surface area contributed by atoms with Crippen molar-refractivity contribution in [1.82, 2.24) is 5.32 Å². The van der Waals surface area contributed by atoms with Gasteiger partial charge in [-0.25, -0.2) is 8.42 Å². The summed E-state index contributed by atoms with van der Waals surface area (Å²) in [6.07, 6.45) is 12.0. The van der Waals surface area contributed by atoms with Crippen molar-refractivity contribution in [3.8, 4) is 0 Å². The summed E-state index contributed by atoms with van der Waals surface area (Å²) in [5, 5.41) is 3.52. The van der Waals surface area contributed by atoms with Gasteiger partial charge in [-0.3, -0.25) is 0 Å². The number of nitrogens with one attached hydrogen (secondary N) is 1. The van der Waals surface area contributed by atoms with Crippen molar-refractivity contribution >= 4 is 9.84 Å². The minimum atomic E-state index is -2.82. The third kappa shape index (κ3) is 3.44. The van der Waals surface area contributed by atoms with Gasteiger partial charge < -0.3 is 5.32 Å². The Bertz CT molecular complexity index is 344. The maximum Gasteiger partial charge on any atom is 0.148 e. The quantitative estimate of drug-likeness (QED) is 0.841. The molecule has 0 aromatic rings. The summed E-state index contributed by atoms with van der Waals surface area (Å²) in [5.41, 5.74) is 0.510. The van der Waals surface area contributed by atoms with Crippen LogP contribution in [0.3, 0.4) is 0 Å². The van der Waals surface area contributed by atoms with E-state index in [-0.39, 0.29) is 5.75 Å². The van der Waals surface area contributed by atoms with Crippen LogP contribution in [0.5, 0.6) is 0 Å². The summed E-state index contributed by atoms with van der Waals surface area (Å²) in [4.78, 5) is 0. The summed E-state index contributed by atoms with van der Waals surface area (Å²) in [5.74, 6) is 0.277. The zero-order chi connectivity index (χ0) is 12.4. The third-order valence-electron chi connectivity index (χ3n) is 4.62. The molecule has 2 saturated carbocycles. The van der Waals surface area contributed by atoms with Gasteiger partial charge in [-0.1, -0.05) is 25.7 Å². The molecule has 2 rings (SSSR count). The van der Waals surface area contributed by atoms with E-state index in [4.69, 9.17) is 0 Å². The van der Waals surface area contributed by atoms with Crippen LogP contribution in [-0.4, -0.2) is 33.0 Å². The molecule has 1 spiro atoms. The molecule has 2 fully saturated rings. The Morgan fingerprint density at radius 3 is 2.41 bits per heavy atom. The van der Waals surface area contributed by atoms with Crippen LogP contribution >= 0.6 is 0 Å². The molecular formula is C13H25NO2S. The SMILES string of the molecule is CS(=O)(=O)CCNC1CCCC12CCCCC2. The molecule has 0 saturated heterocycles. The average molecular weight is 259 g/mol. The van der Waals surface area contributed by atoms with E-state index in [1.54, 1.807) is 0 Å². The third-order valence-corrected chi connectivity index (χ3v) is 5.57. The van der Waals surface area contributed by atoms with E-state index in [2.05, 4.69) is 5.32 Å². The Morgan fingerprint density at radius 1 is 1.12 bits per heavy atom. The summed E-state index contributed by atoms with van der Waals surface area (Å²) < 4.78 is 22.3. The maximum absolute atomic E-state index is 11.1. The Kier molecular flexibility index (Phi) is 4.14. The summed E-state index contributed by atoms with van der Waals surface area (Å²) in [6, 6.07) is 0.574. The number of sulfone groups is 1. The Morgan fingerprint density at radius 2 is 1.76 bits per heavy atom. The highest BCUT2D eigenvalue weighted by Crippen LogP contribution is 2.48. The molecule has 0 amide bonds. The maximum atomic E-state index is 11.1. The number of rotatable bonds is 4. The molecule has 0 radical (unpaired) electrons. The summed E-state index contributed by atoms with van der Waals surface area (Å²) in [6.45, 7) is 0.630. The molecular weight excluding hydrogens is 234 g/mol. The van der Waals surface area contributed by atoms with Crippen LogP contribution in [-0.2, 0) is 9.84 Å². The van der Waals surface area contributed by atoms with Gasteiger partial charge in [0.2, 0.25) is 0 Å². The molecule has 0 aliphatic heterocycles. The Hall–Kier alpha value is -0.0900. The number of hydrogen-bond donors (Lipinski definition) is 1. The van der Waals surface area contributed by atoms with Crippen molar-refractivity contribution in [1.29, 1.82) is 0 Å². The summed E-state index contributed by atoms with van der Waals surface area (Å²) in [7, 11) is -2.82. The second-order valence-corrected chi connectivity index (χ2v) is 8.21. The highest BCUT2D eigenvalue weighted by Gasteiger charge is 2.42. The van der Waals surface area contributed by atoms with Gasteiger partial charge in [0.15, 0.2) is 0 Å². The van der Waals surface area contributed by atoms with E-state index in [1.165, 1.54) is 57.6 Å². The van der Waals surface area contributed by atoms with Crippen molar-refractivity contribution in [3.63, 3.8) is 0 Å². The molecule has 100 valence electrons. The van der Waals surface area contributed by atoms with Crippen LogP contribution in [0, 0.1) is 5.41 Å². The van der Waals surface area contributed by atoms with Crippen molar-refractivity contribution < 1.29 is 8.42 Å². The van der Waals surface area contributed by atoms with Crippen molar-refractivity contribution in [3.05, 3.63) is 0 Å². The predicted octanol–water partition coefficient (Wildman–Crippen LogP) is 2.12. The second kappa shape index (κ2) is 5.27. The molecule has 0 bridgehead atoms. The topological polar surface area (TPSA) is 46.2 Å². The van der Waals surface area contributed by atoms with E-state index in [9.17, 15) is 8.42 Å². The zero-order valence-corrected chi connectivity index (χ0v) is 11.7. The van der Waals surface area contributed by atoms with Crippen LogP contribution in [0.15, 0.2) is 0 Å². The van der Waals surface area contributed by atoms with Gasteiger partial charge in [0.05, 0.1) is 5.75 Å². The van der Waals surface area contributed by atoms with Crippen LogP contribution in [0.2, 0.25) is 0 Å². The van der Waals surface area contributed by atoms with Gasteiger partial charge in [-0.05, 0) is 31.1 Å². The molecule has 3 nitrogen and oxygen atoms in total. The first-order valence-corrected chi connectivity index (χ1v) is 8.99. The lowest BCUT2D eigenvalue weighted by Crippen LogP contribution is -2.44. The van der Waals surface area contributed by atoms with E-state index in [0.717, 1.165) is 0 Å². The normalized spacial score (nSPS) is 28.6. The first-order chi connectivity index (χ1) is 8.02. The first-order valence-electron chi connectivity index (χ1n) is 6.93. The van der Waals surface area contributed by atoms with Gasteiger partial charge in [0, 0.05) is 18.8 Å². The second-order valence-electron chi connectivity index (χ2n) is 5.95. The minimum Gasteiger partial charge on any atom is -0.312 e. The molecule has 1 N–H and O–H groups in total. The number of hydrogen-bond acceptors (Lipinski definition) is 3. The standard InChI is InChI=1S/C13H25NO2S/c1-17(15,16)11-10-14-12-6-5-9-13(12)7-3-2-4-8-13/h12,14H,2-11H2,1H3. The smallest absolute Gasteiger partial charge is 0.148 e. The molecule has 17 heavy (non-hydrogen) atoms. The Balaban J connectivity index is 1.87. The van der Waals surface area contributed by atoms with Crippen LogP contribution in [0.4, 0.5) is 0 Å². The predicted molar refractivity (Wildman–Crippen MR) is 70.9 cm³/mol. The highest BCUT2D eigenvalue weighted by molar-refractivity contribution is 7.90. The summed E-state index contributed by atoms with van der Waals surface area (Å²) >= 11 is 0. The lowest BCUT2D eigenvalue weighted by atomic mass is 9.70. The molecule has 4 heteroatoms. The molecule has 1 atom stereocenters. The molecule has 0 aromatic heterocycles. The van der Waals surface area contributed by atoms with Gasteiger partial charge in [-0.2, -0.15) is 0 Å². The minimum absolute atomic E-state index is 0.277. The fourth-order valence-electron chi connectivity index (χ4n) is 3.73. The lowest BCUT2D eigenvalue weighted by molar-refractivity contribution is 0.151. The van der Waals surface area contributed by atoms with Gasteiger partial charge in [0.25, 0.3) is 0 Å². The van der Waals surface area contributed by atoms with Gasteiger partial charge in [0.1, 0.15) is 9.84 Å². The fraction of sp³-hybridized carbons (Fsp3) is 1.00. The molecule has 2 aliphatic rings. The fourth-order valence-corrected chi connectivity index (χ4v) is 4.22. The van der Waals surface area contributed by atoms with Crippen molar-refractivity contribution in [2.24, 2.45) is 5.41 Å². The lowest BCUT2D eigenvalue weighted by Gasteiger charge is -2.39. The molecule has 1 unspecified atom stereocenters. The zero-order valence-electron chi connectivity index (χ0n) is 10.9. The van der Waals surface area contributed by atoms with E-state index < -0.39 is 9.84 Å². The van der Waals surface area contributed by atoms with Crippen molar-refractivity contribution in [2.75, 3.05) is 18.6 Å². The highest BCUT2D eigenvalue weighted by atomic mass is 32.2. The first kappa shape index (κ1) is 13.3. The van der Waals surface area contributed by atoms with E-state index in [1.807, 2.05) is 0 Å².